The van der Waals surface area contributed by atoms with Gasteiger partial charge < -0.3 is 63.8 Å². The maximum atomic E-state index is 11.7. The zero-order valence-corrected chi connectivity index (χ0v) is 26.8. The molecule has 262 valence electrons. The monoisotopic (exact) mass is 664 g/mol. The second kappa shape index (κ2) is 16.5. The normalized spacial score (nSPS) is 41.1. The van der Waals surface area contributed by atoms with E-state index in [0.717, 1.165) is 11.1 Å². The van der Waals surface area contributed by atoms with Gasteiger partial charge in [-0.25, -0.2) is 0 Å². The third-order valence-electron chi connectivity index (χ3n) is 9.47. The number of benzene rings is 2. The molecule has 15 atom stereocenters. The molecule has 47 heavy (non-hydrogen) atoms. The Kier molecular flexibility index (Phi) is 12.7. The maximum absolute atomic E-state index is 11.7. The van der Waals surface area contributed by atoms with Gasteiger partial charge in [0.15, 0.2) is 18.9 Å². The molecule has 5 rings (SSSR count). The molecule has 3 heterocycles. The minimum absolute atomic E-state index is 0.0342. The number of hydrogen-bond acceptors (Lipinski definition) is 13. The molecular weight excluding hydrogens is 616 g/mol. The predicted octanol–water partition coefficient (Wildman–Crippen LogP) is 0.454. The van der Waals surface area contributed by atoms with Gasteiger partial charge in [0.2, 0.25) is 0 Å². The summed E-state index contributed by atoms with van der Waals surface area (Å²) in [6.45, 7) is 5.12. The zero-order valence-electron chi connectivity index (χ0n) is 26.8. The fraction of sp³-hybridized carbons (Fsp3) is 0.647. The van der Waals surface area contributed by atoms with Crippen LogP contribution in [-0.4, -0.2) is 124 Å². The molecule has 0 radical (unpaired) electrons. The number of ether oxygens (including phenoxy) is 7. The van der Waals surface area contributed by atoms with Crippen LogP contribution in [0.25, 0.3) is 0 Å². The van der Waals surface area contributed by atoms with Gasteiger partial charge in [-0.1, -0.05) is 74.5 Å². The summed E-state index contributed by atoms with van der Waals surface area (Å²) < 4.78 is 42.9. The molecule has 3 saturated heterocycles. The minimum atomic E-state index is -1.74. The molecule has 0 aromatic heterocycles. The number of hydrogen-bond donors (Lipinski definition) is 6. The van der Waals surface area contributed by atoms with Gasteiger partial charge in [-0.15, -0.1) is 0 Å². The summed E-state index contributed by atoms with van der Waals surface area (Å²) >= 11 is 0. The molecule has 6 N–H and O–H groups in total. The second-order valence-corrected chi connectivity index (χ2v) is 12.6. The average Bonchev–Trinajstić information content (AvgIpc) is 3.09. The largest absolute Gasteiger partial charge is 0.394 e. The Morgan fingerprint density at radius 2 is 1.09 bits per heavy atom. The van der Waals surface area contributed by atoms with Crippen LogP contribution in [-0.2, 0) is 46.4 Å². The highest BCUT2D eigenvalue weighted by Gasteiger charge is 2.54. The molecule has 15 unspecified atom stereocenters. The molecule has 13 nitrogen and oxygen atoms in total. The summed E-state index contributed by atoms with van der Waals surface area (Å²) in [5.74, 6) is 0.0663. The first-order valence-corrected chi connectivity index (χ1v) is 16.1. The van der Waals surface area contributed by atoms with Crippen LogP contribution in [0.15, 0.2) is 60.7 Å². The summed E-state index contributed by atoms with van der Waals surface area (Å²) in [6.07, 6.45) is -16.3. The Labute approximate surface area is 274 Å². The first-order chi connectivity index (χ1) is 22.6. The van der Waals surface area contributed by atoms with E-state index in [4.69, 9.17) is 33.2 Å². The van der Waals surface area contributed by atoms with Gasteiger partial charge in [-0.3, -0.25) is 0 Å². The standard InChI is InChI=1S/C34H48O13/c1-18-19(2)29(41-16-21-10-6-4-7-11-21)34(43-20(18)3)47-31-28(40)32(42-17-22-12-8-5-9-13-22)45-24(15-36)30(31)46-33-27(39)26(38)25(37)23(14-35)44-33/h4-13,18-20,23-40H,14-17H2,1-3H3. The summed E-state index contributed by atoms with van der Waals surface area (Å²) in [5, 5.41) is 63.3. The lowest BCUT2D eigenvalue weighted by molar-refractivity contribution is -0.385. The summed E-state index contributed by atoms with van der Waals surface area (Å²) in [6, 6.07) is 18.9. The van der Waals surface area contributed by atoms with Gasteiger partial charge >= 0.3 is 0 Å². The molecule has 3 aliphatic heterocycles. The number of rotatable bonds is 12. The van der Waals surface area contributed by atoms with Crippen LogP contribution in [0.3, 0.4) is 0 Å². The third kappa shape index (κ3) is 8.39. The van der Waals surface area contributed by atoms with Crippen LogP contribution in [0, 0.1) is 11.8 Å². The van der Waals surface area contributed by atoms with Crippen molar-refractivity contribution in [1.82, 2.24) is 0 Å². The quantitative estimate of drug-likeness (QED) is 0.184. The molecule has 0 amide bonds. The number of aliphatic hydroxyl groups excluding tert-OH is 6. The lowest BCUT2D eigenvalue weighted by Gasteiger charge is -2.49. The van der Waals surface area contributed by atoms with Crippen LogP contribution in [0.5, 0.6) is 0 Å². The van der Waals surface area contributed by atoms with Gasteiger partial charge in [0.25, 0.3) is 0 Å². The van der Waals surface area contributed by atoms with Gasteiger partial charge in [0, 0.05) is 0 Å². The fourth-order valence-corrected chi connectivity index (χ4v) is 6.23. The maximum Gasteiger partial charge on any atom is 0.187 e. The van der Waals surface area contributed by atoms with Crippen molar-refractivity contribution < 1.29 is 63.8 Å². The molecule has 0 saturated carbocycles. The van der Waals surface area contributed by atoms with Crippen molar-refractivity contribution in [3.05, 3.63) is 71.8 Å². The highest BCUT2D eigenvalue weighted by Crippen LogP contribution is 2.37. The van der Waals surface area contributed by atoms with Gasteiger partial charge in [0.1, 0.15) is 54.9 Å². The molecule has 0 spiro atoms. The Morgan fingerprint density at radius 1 is 0.532 bits per heavy atom. The Bertz CT molecular complexity index is 1210. The summed E-state index contributed by atoms with van der Waals surface area (Å²) in [5.41, 5.74) is 1.78. The third-order valence-corrected chi connectivity index (χ3v) is 9.47. The van der Waals surface area contributed by atoms with E-state index in [1.807, 2.05) is 74.5 Å². The Balaban J connectivity index is 1.42. The highest BCUT2D eigenvalue weighted by atomic mass is 16.8. The summed E-state index contributed by atoms with van der Waals surface area (Å²) in [4.78, 5) is 0. The van der Waals surface area contributed by atoms with Crippen molar-refractivity contribution in [2.24, 2.45) is 11.8 Å². The number of aliphatic hydroxyl groups is 6. The molecule has 2 aromatic rings. The van der Waals surface area contributed by atoms with E-state index in [9.17, 15) is 30.6 Å². The van der Waals surface area contributed by atoms with E-state index in [-0.39, 0.29) is 31.2 Å². The van der Waals surface area contributed by atoms with E-state index < -0.39 is 87.0 Å². The van der Waals surface area contributed by atoms with Crippen molar-refractivity contribution >= 4 is 0 Å². The van der Waals surface area contributed by atoms with E-state index >= 15 is 0 Å². The van der Waals surface area contributed by atoms with Crippen molar-refractivity contribution in [2.45, 2.75) is 114 Å². The average molecular weight is 665 g/mol. The van der Waals surface area contributed by atoms with Gasteiger partial charge in [-0.05, 0) is 29.9 Å². The van der Waals surface area contributed by atoms with Gasteiger partial charge in [0.05, 0.1) is 32.5 Å². The molecule has 13 heteroatoms. The van der Waals surface area contributed by atoms with E-state index in [1.54, 1.807) is 0 Å². The van der Waals surface area contributed by atoms with Crippen molar-refractivity contribution in [1.29, 1.82) is 0 Å². The minimum Gasteiger partial charge on any atom is -0.394 e. The molecular formula is C34H48O13. The zero-order chi connectivity index (χ0) is 33.7. The smallest absolute Gasteiger partial charge is 0.187 e. The van der Waals surface area contributed by atoms with Crippen LogP contribution >= 0.6 is 0 Å². The predicted molar refractivity (Wildman–Crippen MR) is 164 cm³/mol. The first-order valence-electron chi connectivity index (χ1n) is 16.1. The van der Waals surface area contributed by atoms with Crippen LogP contribution in [0.4, 0.5) is 0 Å². The molecule has 3 fully saturated rings. The van der Waals surface area contributed by atoms with E-state index in [0.29, 0.717) is 0 Å². The van der Waals surface area contributed by atoms with Crippen LogP contribution in [0.2, 0.25) is 0 Å². The van der Waals surface area contributed by atoms with Crippen LogP contribution < -0.4 is 0 Å². The van der Waals surface area contributed by atoms with Crippen molar-refractivity contribution in [2.75, 3.05) is 13.2 Å². The molecule has 3 aliphatic rings. The molecule has 0 bridgehead atoms. The highest BCUT2D eigenvalue weighted by molar-refractivity contribution is 5.14. The lowest BCUT2D eigenvalue weighted by atomic mass is 9.84. The van der Waals surface area contributed by atoms with E-state index in [1.165, 1.54) is 0 Å². The first kappa shape index (κ1) is 36.2. The second-order valence-electron chi connectivity index (χ2n) is 12.6. The lowest BCUT2D eigenvalue weighted by Crippen LogP contribution is -2.66. The molecule has 2 aromatic carbocycles. The van der Waals surface area contributed by atoms with Crippen LogP contribution in [0.1, 0.15) is 31.9 Å². The topological polar surface area (TPSA) is 186 Å². The Morgan fingerprint density at radius 3 is 1.68 bits per heavy atom. The van der Waals surface area contributed by atoms with Crippen molar-refractivity contribution in [3.8, 4) is 0 Å². The van der Waals surface area contributed by atoms with Crippen molar-refractivity contribution in [3.63, 3.8) is 0 Å². The Hall–Kier alpha value is -2.08. The summed E-state index contributed by atoms with van der Waals surface area (Å²) in [7, 11) is 0. The molecule has 0 aliphatic carbocycles. The SMILES string of the molecule is CC1OC(OC2C(O)C(OCc3ccccc3)OC(CO)C2OC2OC(CO)C(O)C(O)C2O)C(OCc2ccccc2)C(C)C1C. The van der Waals surface area contributed by atoms with Gasteiger partial charge in [-0.2, -0.15) is 0 Å². The fourth-order valence-electron chi connectivity index (χ4n) is 6.23. The van der Waals surface area contributed by atoms with E-state index in [2.05, 4.69) is 6.92 Å².